The van der Waals surface area contributed by atoms with Gasteiger partial charge in [0.05, 0.1) is 12.1 Å². The number of benzene rings is 1. The van der Waals surface area contributed by atoms with Gasteiger partial charge in [0, 0.05) is 24.9 Å². The van der Waals surface area contributed by atoms with Crippen LogP contribution in [0.3, 0.4) is 0 Å². The summed E-state index contributed by atoms with van der Waals surface area (Å²) in [6, 6.07) is 6.69. The topological polar surface area (TPSA) is 46.3 Å². The summed E-state index contributed by atoms with van der Waals surface area (Å²) in [6.45, 7) is 7.24. The van der Waals surface area contributed by atoms with Crippen LogP contribution in [0.25, 0.3) is 0 Å². The minimum Gasteiger partial charge on any atom is -0.445 e. The van der Waals surface area contributed by atoms with Crippen molar-refractivity contribution in [3.63, 3.8) is 0 Å². The molecule has 0 bridgehead atoms. The third-order valence-electron chi connectivity index (χ3n) is 4.59. The minimum atomic E-state index is -0.380. The zero-order chi connectivity index (χ0) is 18.0. The molecule has 1 saturated heterocycles. The number of carbonyl (C=O) groups is 1. The van der Waals surface area contributed by atoms with Crippen molar-refractivity contribution >= 4 is 5.91 Å². The van der Waals surface area contributed by atoms with Gasteiger partial charge in [0.2, 0.25) is 5.91 Å². The lowest BCUT2D eigenvalue weighted by Crippen LogP contribution is -2.44. The first-order valence-corrected chi connectivity index (χ1v) is 8.82. The summed E-state index contributed by atoms with van der Waals surface area (Å²) >= 11 is 0. The Morgan fingerprint density at radius 2 is 2.12 bits per heavy atom. The third-order valence-corrected chi connectivity index (χ3v) is 4.59. The second kappa shape index (κ2) is 6.98. The molecule has 0 saturated carbocycles. The smallest absolute Gasteiger partial charge is 0.227 e. The number of carbonyl (C=O) groups excluding carboxylic acids is 1. The van der Waals surface area contributed by atoms with Gasteiger partial charge in [0.15, 0.2) is 5.89 Å². The molecule has 1 aliphatic heterocycles. The molecule has 1 aliphatic rings. The second-order valence-electron chi connectivity index (χ2n) is 7.77. The number of halogens is 1. The van der Waals surface area contributed by atoms with Crippen LogP contribution in [0.2, 0.25) is 0 Å². The highest BCUT2D eigenvalue weighted by molar-refractivity contribution is 5.81. The van der Waals surface area contributed by atoms with Gasteiger partial charge in [-0.05, 0) is 24.5 Å². The summed E-state index contributed by atoms with van der Waals surface area (Å²) in [5, 5.41) is 0. The molecule has 2 aromatic rings. The lowest BCUT2D eigenvalue weighted by Gasteiger charge is -2.35. The fraction of sp³-hybridized carbons (Fsp3) is 0.500. The minimum absolute atomic E-state index is 0.106. The van der Waals surface area contributed by atoms with Crippen molar-refractivity contribution in [2.24, 2.45) is 5.41 Å². The molecule has 0 radical (unpaired) electrons. The maximum atomic E-state index is 13.8. The molecule has 1 aromatic carbocycles. The van der Waals surface area contributed by atoms with Crippen molar-refractivity contribution in [2.45, 2.75) is 46.0 Å². The van der Waals surface area contributed by atoms with E-state index in [4.69, 9.17) is 4.42 Å². The van der Waals surface area contributed by atoms with Crippen LogP contribution in [0.4, 0.5) is 4.39 Å². The van der Waals surface area contributed by atoms with Crippen molar-refractivity contribution in [3.05, 3.63) is 53.5 Å². The quantitative estimate of drug-likeness (QED) is 0.840. The van der Waals surface area contributed by atoms with E-state index in [9.17, 15) is 9.18 Å². The summed E-state index contributed by atoms with van der Waals surface area (Å²) in [5.41, 5.74) is 0.215. The standard InChI is InChI=1S/C20H25FN2O2/c1-20(2,3)19(24)23-10-6-8-15(13-23)18-22-12-16(25-18)11-14-7-4-5-9-17(14)21/h4-5,7,9,12,15H,6,8,10-11,13H2,1-3H3. The number of amides is 1. The largest absolute Gasteiger partial charge is 0.445 e. The van der Waals surface area contributed by atoms with E-state index in [1.54, 1.807) is 18.3 Å². The molecule has 134 valence electrons. The SMILES string of the molecule is CC(C)(C)C(=O)N1CCCC(c2ncc(Cc3ccccc3F)o2)C1. The number of hydrogen-bond acceptors (Lipinski definition) is 3. The van der Waals surface area contributed by atoms with Crippen LogP contribution in [-0.4, -0.2) is 28.9 Å². The maximum absolute atomic E-state index is 13.8. The summed E-state index contributed by atoms with van der Waals surface area (Å²) < 4.78 is 19.7. The van der Waals surface area contributed by atoms with E-state index in [2.05, 4.69) is 4.98 Å². The Hall–Kier alpha value is -2.17. The van der Waals surface area contributed by atoms with Gasteiger partial charge in [-0.15, -0.1) is 0 Å². The highest BCUT2D eigenvalue weighted by Crippen LogP contribution is 2.30. The predicted octanol–water partition coefficient (Wildman–Crippen LogP) is 4.16. The van der Waals surface area contributed by atoms with E-state index in [0.29, 0.717) is 30.2 Å². The molecule has 1 unspecified atom stereocenters. The zero-order valence-corrected chi connectivity index (χ0v) is 15.1. The summed E-state index contributed by atoms with van der Waals surface area (Å²) in [4.78, 5) is 18.8. The summed E-state index contributed by atoms with van der Waals surface area (Å²) in [7, 11) is 0. The van der Waals surface area contributed by atoms with Crippen LogP contribution >= 0.6 is 0 Å². The van der Waals surface area contributed by atoms with Crippen molar-refractivity contribution in [3.8, 4) is 0 Å². The van der Waals surface area contributed by atoms with Crippen LogP contribution in [0, 0.1) is 11.2 Å². The highest BCUT2D eigenvalue weighted by atomic mass is 19.1. The average Bonchev–Trinajstić information content (AvgIpc) is 3.04. The van der Waals surface area contributed by atoms with Crippen molar-refractivity contribution < 1.29 is 13.6 Å². The van der Waals surface area contributed by atoms with Crippen molar-refractivity contribution in [1.82, 2.24) is 9.88 Å². The molecule has 5 heteroatoms. The Bertz CT molecular complexity index is 748. The molecule has 0 aliphatic carbocycles. The third kappa shape index (κ3) is 4.09. The van der Waals surface area contributed by atoms with Gasteiger partial charge in [-0.25, -0.2) is 9.37 Å². The van der Waals surface area contributed by atoms with E-state index in [1.807, 2.05) is 31.7 Å². The highest BCUT2D eigenvalue weighted by Gasteiger charge is 2.33. The van der Waals surface area contributed by atoms with Gasteiger partial charge in [-0.1, -0.05) is 39.0 Å². The molecule has 1 fully saturated rings. The van der Waals surface area contributed by atoms with E-state index in [1.165, 1.54) is 6.07 Å². The lowest BCUT2D eigenvalue weighted by molar-refractivity contribution is -0.140. The molecule has 0 spiro atoms. The molecule has 0 N–H and O–H groups in total. The summed E-state index contributed by atoms with van der Waals surface area (Å²) in [5.74, 6) is 1.34. The van der Waals surface area contributed by atoms with Crippen LogP contribution in [0.15, 0.2) is 34.9 Å². The Kier molecular flexibility index (Phi) is 4.93. The normalized spacial score (nSPS) is 18.4. The maximum Gasteiger partial charge on any atom is 0.227 e. The monoisotopic (exact) mass is 344 g/mol. The Labute approximate surface area is 148 Å². The Balaban J connectivity index is 1.69. The average molecular weight is 344 g/mol. The Morgan fingerprint density at radius 3 is 2.84 bits per heavy atom. The zero-order valence-electron chi connectivity index (χ0n) is 15.1. The summed E-state index contributed by atoms with van der Waals surface area (Å²) in [6.07, 6.45) is 3.95. The molecule has 4 nitrogen and oxygen atoms in total. The molecule has 3 rings (SSSR count). The number of oxazole rings is 1. The number of likely N-dealkylation sites (tertiary alicyclic amines) is 1. The number of rotatable bonds is 3. The number of nitrogens with zero attached hydrogens (tertiary/aromatic N) is 2. The van der Waals surface area contributed by atoms with Crippen LogP contribution in [0.5, 0.6) is 0 Å². The fourth-order valence-electron chi connectivity index (χ4n) is 3.26. The number of hydrogen-bond donors (Lipinski definition) is 0. The number of piperidine rings is 1. The van der Waals surface area contributed by atoms with Crippen LogP contribution in [0.1, 0.15) is 56.7 Å². The number of aromatic nitrogens is 1. The Morgan fingerprint density at radius 1 is 1.36 bits per heavy atom. The van der Waals surface area contributed by atoms with Gasteiger partial charge in [0.1, 0.15) is 11.6 Å². The van der Waals surface area contributed by atoms with E-state index in [-0.39, 0.29) is 23.1 Å². The molecule has 1 atom stereocenters. The van der Waals surface area contributed by atoms with Gasteiger partial charge in [-0.3, -0.25) is 4.79 Å². The molecule has 25 heavy (non-hydrogen) atoms. The molecule has 1 aromatic heterocycles. The van der Waals surface area contributed by atoms with Crippen LogP contribution < -0.4 is 0 Å². The first kappa shape index (κ1) is 17.6. The van der Waals surface area contributed by atoms with Crippen LogP contribution in [-0.2, 0) is 11.2 Å². The van der Waals surface area contributed by atoms with Gasteiger partial charge < -0.3 is 9.32 Å². The predicted molar refractivity (Wildman–Crippen MR) is 93.7 cm³/mol. The molecular formula is C20H25FN2O2. The van der Waals surface area contributed by atoms with Gasteiger partial charge in [-0.2, -0.15) is 0 Å². The second-order valence-corrected chi connectivity index (χ2v) is 7.77. The molecule has 2 heterocycles. The van der Waals surface area contributed by atoms with Gasteiger partial charge in [0.25, 0.3) is 0 Å². The van der Waals surface area contributed by atoms with Crippen molar-refractivity contribution in [1.29, 1.82) is 0 Å². The molecular weight excluding hydrogens is 319 g/mol. The first-order valence-electron chi connectivity index (χ1n) is 8.82. The lowest BCUT2D eigenvalue weighted by atomic mass is 9.91. The molecule has 1 amide bonds. The van der Waals surface area contributed by atoms with Crippen molar-refractivity contribution in [2.75, 3.05) is 13.1 Å². The van der Waals surface area contributed by atoms with E-state index >= 15 is 0 Å². The fourth-order valence-corrected chi connectivity index (χ4v) is 3.26. The van der Waals surface area contributed by atoms with Gasteiger partial charge >= 0.3 is 0 Å². The first-order chi connectivity index (χ1) is 11.8. The van der Waals surface area contributed by atoms with E-state index in [0.717, 1.165) is 19.4 Å². The van der Waals surface area contributed by atoms with E-state index < -0.39 is 0 Å².